The molecule has 17 heavy (non-hydrogen) atoms. The standard InChI is InChI=1S/C11H13Cl2N3O/c1-2-15-11(14)16-10(17)6-7-8(12)4-3-5-9(7)13/h3-5H,2,6H2,1H3,(H3,14,15,16,17). The molecule has 0 saturated carbocycles. The van der Waals surface area contributed by atoms with E-state index in [1.165, 1.54) is 0 Å². The van der Waals surface area contributed by atoms with Crippen molar-refractivity contribution < 1.29 is 4.79 Å². The van der Waals surface area contributed by atoms with Crippen molar-refractivity contribution in [2.45, 2.75) is 13.3 Å². The van der Waals surface area contributed by atoms with Gasteiger partial charge in [0.2, 0.25) is 0 Å². The number of hydrogen-bond donors (Lipinski definition) is 2. The van der Waals surface area contributed by atoms with Crippen LogP contribution in [-0.4, -0.2) is 18.4 Å². The smallest absolute Gasteiger partial charge is 0.253 e. The zero-order valence-corrected chi connectivity index (χ0v) is 10.8. The molecule has 0 radical (unpaired) electrons. The second-order valence-corrected chi connectivity index (χ2v) is 4.11. The van der Waals surface area contributed by atoms with Gasteiger partial charge in [0.1, 0.15) is 0 Å². The van der Waals surface area contributed by atoms with Crippen LogP contribution in [0, 0.1) is 0 Å². The zero-order chi connectivity index (χ0) is 12.8. The minimum atomic E-state index is -0.390. The second kappa shape index (κ2) is 6.47. The quantitative estimate of drug-likeness (QED) is 0.654. The van der Waals surface area contributed by atoms with Gasteiger partial charge in [0.15, 0.2) is 5.96 Å². The molecular weight excluding hydrogens is 261 g/mol. The molecular formula is C11H13Cl2N3O. The molecule has 0 aliphatic rings. The summed E-state index contributed by atoms with van der Waals surface area (Å²) in [5.41, 5.74) is 6.03. The van der Waals surface area contributed by atoms with Crippen molar-refractivity contribution in [2.24, 2.45) is 10.7 Å². The maximum absolute atomic E-state index is 11.6. The fraction of sp³-hybridized carbons (Fsp3) is 0.273. The summed E-state index contributed by atoms with van der Waals surface area (Å²) in [6.07, 6.45) is 0.0323. The van der Waals surface area contributed by atoms with Crippen molar-refractivity contribution in [3.63, 3.8) is 0 Å². The third-order valence-electron chi connectivity index (χ3n) is 1.99. The molecule has 1 aromatic carbocycles. The van der Waals surface area contributed by atoms with Crippen LogP contribution in [0.4, 0.5) is 0 Å². The molecule has 0 spiro atoms. The molecule has 1 amide bonds. The van der Waals surface area contributed by atoms with Crippen LogP contribution in [0.15, 0.2) is 23.2 Å². The molecule has 6 heteroatoms. The van der Waals surface area contributed by atoms with E-state index in [1.807, 2.05) is 6.92 Å². The number of benzene rings is 1. The Morgan fingerprint density at radius 2 is 2.00 bits per heavy atom. The Morgan fingerprint density at radius 1 is 1.41 bits per heavy atom. The molecule has 0 fully saturated rings. The normalized spacial score (nSPS) is 11.4. The van der Waals surface area contributed by atoms with Gasteiger partial charge >= 0.3 is 0 Å². The van der Waals surface area contributed by atoms with E-state index in [2.05, 4.69) is 10.3 Å². The van der Waals surface area contributed by atoms with Gasteiger partial charge in [0.05, 0.1) is 6.42 Å². The average Bonchev–Trinajstić information content (AvgIpc) is 2.24. The first-order valence-electron chi connectivity index (χ1n) is 5.08. The summed E-state index contributed by atoms with van der Waals surface area (Å²) in [7, 11) is 0. The van der Waals surface area contributed by atoms with Crippen molar-refractivity contribution in [1.29, 1.82) is 0 Å². The number of amides is 1. The lowest BCUT2D eigenvalue weighted by Gasteiger charge is -2.05. The number of carbonyl (C=O) groups is 1. The molecule has 0 aliphatic heterocycles. The van der Waals surface area contributed by atoms with E-state index in [0.717, 1.165) is 0 Å². The largest absolute Gasteiger partial charge is 0.370 e. The Balaban J connectivity index is 2.78. The first-order chi connectivity index (χ1) is 8.04. The molecule has 0 heterocycles. The van der Waals surface area contributed by atoms with Crippen molar-refractivity contribution in [2.75, 3.05) is 6.54 Å². The van der Waals surface area contributed by atoms with Gasteiger partial charge in [0, 0.05) is 16.6 Å². The van der Waals surface area contributed by atoms with Gasteiger partial charge in [0.25, 0.3) is 5.91 Å². The minimum absolute atomic E-state index is 0.0323. The van der Waals surface area contributed by atoms with Gasteiger partial charge in [-0.15, -0.1) is 0 Å². The number of guanidine groups is 1. The van der Waals surface area contributed by atoms with Crippen LogP contribution in [-0.2, 0) is 11.2 Å². The maximum Gasteiger partial charge on any atom is 0.253 e. The molecule has 1 aromatic rings. The lowest BCUT2D eigenvalue weighted by atomic mass is 10.1. The lowest BCUT2D eigenvalue weighted by molar-refractivity contribution is -0.117. The van der Waals surface area contributed by atoms with Gasteiger partial charge in [-0.1, -0.05) is 29.3 Å². The van der Waals surface area contributed by atoms with E-state index in [4.69, 9.17) is 28.9 Å². The van der Waals surface area contributed by atoms with E-state index < -0.39 is 5.91 Å². The third-order valence-corrected chi connectivity index (χ3v) is 2.70. The van der Waals surface area contributed by atoms with E-state index in [9.17, 15) is 4.79 Å². The van der Waals surface area contributed by atoms with Crippen molar-refractivity contribution >= 4 is 35.1 Å². The van der Waals surface area contributed by atoms with Crippen molar-refractivity contribution in [1.82, 2.24) is 5.32 Å². The fourth-order valence-electron chi connectivity index (χ4n) is 1.25. The summed E-state index contributed by atoms with van der Waals surface area (Å²) in [5, 5.41) is 3.63. The molecule has 0 aliphatic carbocycles. The van der Waals surface area contributed by atoms with Crippen molar-refractivity contribution in [3.8, 4) is 0 Å². The van der Waals surface area contributed by atoms with E-state index >= 15 is 0 Å². The Labute approximate surface area is 110 Å². The number of rotatable bonds is 3. The van der Waals surface area contributed by atoms with Gasteiger partial charge in [-0.25, -0.2) is 0 Å². The lowest BCUT2D eigenvalue weighted by Crippen LogP contribution is -2.32. The number of nitrogens with one attached hydrogen (secondary N) is 1. The Hall–Kier alpha value is -1.26. The number of aliphatic imine (C=N–C) groups is 1. The first-order valence-corrected chi connectivity index (χ1v) is 5.84. The highest BCUT2D eigenvalue weighted by molar-refractivity contribution is 6.36. The Kier molecular flexibility index (Phi) is 5.25. The average molecular weight is 274 g/mol. The van der Waals surface area contributed by atoms with Gasteiger partial charge in [-0.2, -0.15) is 4.99 Å². The van der Waals surface area contributed by atoms with E-state index in [1.54, 1.807) is 18.2 Å². The van der Waals surface area contributed by atoms with Crippen LogP contribution in [0.2, 0.25) is 10.0 Å². The molecule has 0 bridgehead atoms. The van der Waals surface area contributed by atoms with Crippen LogP contribution >= 0.6 is 23.2 Å². The van der Waals surface area contributed by atoms with Crippen LogP contribution in [0.3, 0.4) is 0 Å². The van der Waals surface area contributed by atoms with Crippen LogP contribution < -0.4 is 11.1 Å². The molecule has 0 unspecified atom stereocenters. The number of nitrogens with zero attached hydrogens (tertiary/aromatic N) is 1. The zero-order valence-electron chi connectivity index (χ0n) is 9.34. The predicted molar refractivity (Wildman–Crippen MR) is 70.5 cm³/mol. The molecule has 0 aromatic heterocycles. The van der Waals surface area contributed by atoms with E-state index in [-0.39, 0.29) is 12.4 Å². The highest BCUT2D eigenvalue weighted by atomic mass is 35.5. The number of nitrogens with two attached hydrogens (primary N) is 1. The van der Waals surface area contributed by atoms with Crippen LogP contribution in [0.1, 0.15) is 12.5 Å². The molecule has 0 saturated heterocycles. The molecule has 3 N–H and O–H groups in total. The summed E-state index contributed by atoms with van der Waals surface area (Å²) in [6.45, 7) is 2.47. The molecule has 1 rings (SSSR count). The summed E-state index contributed by atoms with van der Waals surface area (Å²) >= 11 is 11.9. The third kappa shape index (κ3) is 4.24. The van der Waals surface area contributed by atoms with E-state index in [0.29, 0.717) is 22.2 Å². The summed E-state index contributed by atoms with van der Waals surface area (Å²) in [4.78, 5) is 15.2. The summed E-state index contributed by atoms with van der Waals surface area (Å²) in [5.74, 6) is -0.292. The number of carbonyl (C=O) groups excluding carboxylic acids is 1. The second-order valence-electron chi connectivity index (χ2n) is 3.30. The highest BCUT2D eigenvalue weighted by Crippen LogP contribution is 2.24. The Morgan fingerprint density at radius 3 is 2.53 bits per heavy atom. The van der Waals surface area contributed by atoms with Gasteiger partial charge in [-0.3, -0.25) is 4.79 Å². The first kappa shape index (κ1) is 13.8. The topological polar surface area (TPSA) is 67.5 Å². The highest BCUT2D eigenvalue weighted by Gasteiger charge is 2.10. The number of halogens is 2. The minimum Gasteiger partial charge on any atom is -0.370 e. The van der Waals surface area contributed by atoms with Gasteiger partial charge in [-0.05, 0) is 24.6 Å². The molecule has 0 atom stereocenters. The van der Waals surface area contributed by atoms with Crippen LogP contribution in [0.25, 0.3) is 0 Å². The fourth-order valence-corrected chi connectivity index (χ4v) is 1.78. The Bertz CT molecular complexity index is 426. The number of hydrogen-bond acceptors (Lipinski definition) is 1. The molecule has 92 valence electrons. The van der Waals surface area contributed by atoms with Crippen molar-refractivity contribution in [3.05, 3.63) is 33.8 Å². The summed E-state index contributed by atoms with van der Waals surface area (Å²) in [6, 6.07) is 5.07. The van der Waals surface area contributed by atoms with Crippen LogP contribution in [0.5, 0.6) is 0 Å². The van der Waals surface area contributed by atoms with Gasteiger partial charge < -0.3 is 11.1 Å². The predicted octanol–water partition coefficient (Wildman–Crippen LogP) is 1.99. The monoisotopic (exact) mass is 273 g/mol. The summed E-state index contributed by atoms with van der Waals surface area (Å²) < 4.78 is 0. The SMILES string of the molecule is CCN/C(N)=N/C(=O)Cc1c(Cl)cccc1Cl. The maximum atomic E-state index is 11.6. The molecule has 4 nitrogen and oxygen atoms in total.